The van der Waals surface area contributed by atoms with Crippen molar-refractivity contribution < 1.29 is 23.4 Å². The van der Waals surface area contributed by atoms with Gasteiger partial charge in [-0.15, -0.1) is 0 Å². The van der Waals surface area contributed by atoms with E-state index in [2.05, 4.69) is 4.98 Å². The van der Waals surface area contributed by atoms with Gasteiger partial charge >= 0.3 is 5.97 Å². The second-order valence-electron chi connectivity index (χ2n) is 5.97. The lowest BCUT2D eigenvalue weighted by Gasteiger charge is -2.10. The molecule has 0 aliphatic heterocycles. The maximum absolute atomic E-state index is 12.7. The number of fused-ring (bicyclic) bond motifs is 1. The number of ether oxygens (including phenoxy) is 3. The van der Waals surface area contributed by atoms with Crippen LogP contribution in [0.4, 0.5) is 0 Å². The molecular formula is C22H15NO6. The predicted molar refractivity (Wildman–Crippen MR) is 105 cm³/mol. The average molecular weight is 389 g/mol. The van der Waals surface area contributed by atoms with Gasteiger partial charge in [-0.2, -0.15) is 0 Å². The highest BCUT2D eigenvalue weighted by Crippen LogP contribution is 2.30. The van der Waals surface area contributed by atoms with Gasteiger partial charge in [0, 0.05) is 18.5 Å². The molecule has 0 aliphatic carbocycles. The smallest absolute Gasteiger partial charge is 0.343 e. The van der Waals surface area contributed by atoms with E-state index in [-0.39, 0.29) is 22.5 Å². The van der Waals surface area contributed by atoms with Gasteiger partial charge in [0.15, 0.2) is 11.5 Å². The third-order valence-corrected chi connectivity index (χ3v) is 4.13. The van der Waals surface area contributed by atoms with E-state index in [1.54, 1.807) is 36.4 Å². The average Bonchev–Trinajstić information content (AvgIpc) is 2.76. The summed E-state index contributed by atoms with van der Waals surface area (Å²) in [5.74, 6) is 0.615. The molecule has 29 heavy (non-hydrogen) atoms. The SMILES string of the molecule is COc1ccccc1Oc1coc2cc(OC(=O)c3ccncc3)ccc2c1=O. The molecule has 0 unspecified atom stereocenters. The number of aromatic nitrogens is 1. The van der Waals surface area contributed by atoms with Gasteiger partial charge in [-0.25, -0.2) is 4.79 Å². The predicted octanol–water partition coefficient (Wildman–Crippen LogP) is 4.21. The Labute approximate surface area is 165 Å². The van der Waals surface area contributed by atoms with Gasteiger partial charge in [-0.1, -0.05) is 12.1 Å². The van der Waals surface area contributed by atoms with E-state index < -0.39 is 5.97 Å². The van der Waals surface area contributed by atoms with Crippen molar-refractivity contribution in [2.45, 2.75) is 0 Å². The number of pyridine rings is 1. The molecule has 0 spiro atoms. The lowest BCUT2D eigenvalue weighted by atomic mass is 10.2. The van der Waals surface area contributed by atoms with E-state index in [9.17, 15) is 9.59 Å². The van der Waals surface area contributed by atoms with E-state index in [4.69, 9.17) is 18.6 Å². The summed E-state index contributed by atoms with van der Waals surface area (Å²) in [5.41, 5.74) is 0.272. The molecule has 0 fully saturated rings. The summed E-state index contributed by atoms with van der Waals surface area (Å²) in [6.45, 7) is 0. The zero-order valence-corrected chi connectivity index (χ0v) is 15.3. The maximum atomic E-state index is 12.7. The van der Waals surface area contributed by atoms with Crippen molar-refractivity contribution in [3.63, 3.8) is 0 Å². The Bertz CT molecular complexity index is 1230. The highest BCUT2D eigenvalue weighted by Gasteiger charge is 2.14. The van der Waals surface area contributed by atoms with Crippen LogP contribution in [-0.4, -0.2) is 18.1 Å². The minimum absolute atomic E-state index is 0.0172. The summed E-state index contributed by atoms with van der Waals surface area (Å²) in [7, 11) is 1.51. The molecule has 7 nitrogen and oxygen atoms in total. The van der Waals surface area contributed by atoms with E-state index in [1.807, 2.05) is 0 Å². The first-order valence-electron chi connectivity index (χ1n) is 8.64. The Balaban J connectivity index is 1.62. The van der Waals surface area contributed by atoms with Gasteiger partial charge in [-0.3, -0.25) is 9.78 Å². The summed E-state index contributed by atoms with van der Waals surface area (Å²) in [4.78, 5) is 28.8. The van der Waals surface area contributed by atoms with E-state index >= 15 is 0 Å². The Morgan fingerprint density at radius 1 is 0.966 bits per heavy atom. The van der Waals surface area contributed by atoms with E-state index in [1.165, 1.54) is 44.0 Å². The third-order valence-electron chi connectivity index (χ3n) is 4.13. The van der Waals surface area contributed by atoms with Crippen LogP contribution < -0.4 is 19.6 Å². The van der Waals surface area contributed by atoms with Gasteiger partial charge in [0.1, 0.15) is 17.6 Å². The number of rotatable bonds is 5. The Hall–Kier alpha value is -4.13. The van der Waals surface area contributed by atoms with E-state index in [0.717, 1.165) is 0 Å². The summed E-state index contributed by atoms with van der Waals surface area (Å²) < 4.78 is 21.8. The van der Waals surface area contributed by atoms with Crippen molar-refractivity contribution in [1.29, 1.82) is 0 Å². The van der Waals surface area contributed by atoms with Gasteiger partial charge in [0.25, 0.3) is 0 Å². The first-order valence-corrected chi connectivity index (χ1v) is 8.64. The van der Waals surface area contributed by atoms with Crippen molar-refractivity contribution in [3.8, 4) is 23.0 Å². The maximum Gasteiger partial charge on any atom is 0.343 e. The summed E-state index contributed by atoms with van der Waals surface area (Å²) in [6.07, 6.45) is 4.21. The minimum Gasteiger partial charge on any atom is -0.493 e. The van der Waals surface area contributed by atoms with Crippen molar-refractivity contribution in [1.82, 2.24) is 4.98 Å². The van der Waals surface area contributed by atoms with Crippen LogP contribution in [-0.2, 0) is 0 Å². The number of methoxy groups -OCH3 is 1. The van der Waals surface area contributed by atoms with Gasteiger partial charge in [0.2, 0.25) is 11.2 Å². The second kappa shape index (κ2) is 7.85. The van der Waals surface area contributed by atoms with Gasteiger partial charge in [-0.05, 0) is 36.4 Å². The largest absolute Gasteiger partial charge is 0.493 e. The fourth-order valence-electron chi connectivity index (χ4n) is 2.70. The van der Waals surface area contributed by atoms with Crippen LogP contribution in [0.5, 0.6) is 23.0 Å². The molecule has 144 valence electrons. The number of nitrogens with zero attached hydrogens (tertiary/aromatic N) is 1. The number of carbonyl (C=O) groups is 1. The van der Waals surface area contributed by atoms with Crippen LogP contribution >= 0.6 is 0 Å². The number of carbonyl (C=O) groups excluding carboxylic acids is 1. The zero-order valence-electron chi connectivity index (χ0n) is 15.3. The number of hydrogen-bond acceptors (Lipinski definition) is 7. The van der Waals surface area contributed by atoms with Crippen molar-refractivity contribution in [2.75, 3.05) is 7.11 Å². The van der Waals surface area contributed by atoms with Crippen LogP contribution in [0.2, 0.25) is 0 Å². The second-order valence-corrected chi connectivity index (χ2v) is 5.97. The number of para-hydroxylation sites is 2. The van der Waals surface area contributed by atoms with Crippen LogP contribution in [0.3, 0.4) is 0 Å². The zero-order chi connectivity index (χ0) is 20.2. The normalized spacial score (nSPS) is 10.5. The first-order chi connectivity index (χ1) is 14.2. The first kappa shape index (κ1) is 18.2. The van der Waals surface area contributed by atoms with Gasteiger partial charge < -0.3 is 18.6 Å². The molecule has 0 N–H and O–H groups in total. The molecule has 4 aromatic rings. The van der Waals surface area contributed by atoms with E-state index in [0.29, 0.717) is 22.4 Å². The molecule has 0 atom stereocenters. The highest BCUT2D eigenvalue weighted by atomic mass is 16.5. The molecule has 2 aromatic carbocycles. The molecule has 0 saturated heterocycles. The summed E-state index contributed by atoms with van der Waals surface area (Å²) in [5, 5.41) is 0.293. The summed E-state index contributed by atoms with van der Waals surface area (Å²) >= 11 is 0. The standard InChI is InChI=1S/C22H15NO6/c1-26-17-4-2-3-5-18(17)29-20-13-27-19-12-15(6-7-16(19)21(20)24)28-22(25)14-8-10-23-11-9-14/h2-13H,1H3. The molecule has 2 aromatic heterocycles. The quantitative estimate of drug-likeness (QED) is 0.373. The molecule has 7 heteroatoms. The molecule has 0 amide bonds. The fraction of sp³-hybridized carbons (Fsp3) is 0.0455. The Morgan fingerprint density at radius 2 is 1.72 bits per heavy atom. The number of esters is 1. The topological polar surface area (TPSA) is 87.9 Å². The van der Waals surface area contributed by atoms with Crippen LogP contribution in [0.15, 0.2) is 82.5 Å². The van der Waals surface area contributed by atoms with Crippen LogP contribution in [0.1, 0.15) is 10.4 Å². The molecular weight excluding hydrogens is 374 g/mol. The lowest BCUT2D eigenvalue weighted by molar-refractivity contribution is 0.0735. The molecule has 2 heterocycles. The Kier molecular flexibility index (Phi) is 4.94. The monoisotopic (exact) mass is 389 g/mol. The highest BCUT2D eigenvalue weighted by molar-refractivity contribution is 5.91. The molecule has 4 rings (SSSR count). The molecule has 0 bridgehead atoms. The van der Waals surface area contributed by atoms with Crippen LogP contribution in [0, 0.1) is 0 Å². The number of benzene rings is 2. The molecule has 0 aliphatic rings. The van der Waals surface area contributed by atoms with Crippen LogP contribution in [0.25, 0.3) is 11.0 Å². The molecule has 0 saturated carbocycles. The molecule has 0 radical (unpaired) electrons. The lowest BCUT2D eigenvalue weighted by Crippen LogP contribution is -2.09. The Morgan fingerprint density at radius 3 is 2.48 bits per heavy atom. The summed E-state index contributed by atoms with van der Waals surface area (Å²) in [6, 6.07) is 14.6. The van der Waals surface area contributed by atoms with Crippen molar-refractivity contribution >= 4 is 16.9 Å². The van der Waals surface area contributed by atoms with Gasteiger partial charge in [0.05, 0.1) is 18.1 Å². The van der Waals surface area contributed by atoms with Crippen molar-refractivity contribution in [2.24, 2.45) is 0 Å². The third kappa shape index (κ3) is 3.79. The fourth-order valence-corrected chi connectivity index (χ4v) is 2.70. The van der Waals surface area contributed by atoms with Crippen molar-refractivity contribution in [3.05, 3.63) is 89.0 Å². The minimum atomic E-state index is -0.537. The number of hydrogen-bond donors (Lipinski definition) is 0.